The molecule has 1 aromatic heterocycles. The molecule has 1 aromatic rings. The zero-order chi connectivity index (χ0) is 13.8. The number of nitrogens with zero attached hydrogens (tertiary/aromatic N) is 1. The molecule has 0 spiro atoms. The topological polar surface area (TPSA) is 74.6 Å². The first-order valence-corrected chi connectivity index (χ1v) is 6.32. The lowest BCUT2D eigenvalue weighted by molar-refractivity contribution is -0.126. The third-order valence-corrected chi connectivity index (χ3v) is 3.31. The van der Waals surface area contributed by atoms with Crippen molar-refractivity contribution in [1.29, 1.82) is 0 Å². The monoisotopic (exact) mass is 265 g/mol. The molecule has 1 fully saturated rings. The number of hydrogen-bond donors (Lipinski definition) is 2. The maximum atomic E-state index is 11.9. The lowest BCUT2D eigenvalue weighted by Crippen LogP contribution is -2.38. The molecule has 0 radical (unpaired) electrons. The molecule has 6 nitrogen and oxygen atoms in total. The molecule has 1 saturated heterocycles. The van der Waals surface area contributed by atoms with Crippen LogP contribution >= 0.6 is 0 Å². The van der Waals surface area contributed by atoms with Crippen molar-refractivity contribution in [3.8, 4) is 0 Å². The second-order valence-electron chi connectivity index (χ2n) is 4.95. The maximum absolute atomic E-state index is 11.9. The maximum Gasteiger partial charge on any atom is 0.225 e. The van der Waals surface area contributed by atoms with Crippen molar-refractivity contribution in [2.75, 3.05) is 27.2 Å². The summed E-state index contributed by atoms with van der Waals surface area (Å²) in [6.45, 7) is 0.891. The molecule has 2 amide bonds. The highest BCUT2D eigenvalue weighted by atomic mass is 16.3. The fraction of sp³-hybridized carbons (Fsp3) is 0.538. The summed E-state index contributed by atoms with van der Waals surface area (Å²) in [5, 5.41) is 5.54. The van der Waals surface area contributed by atoms with E-state index < -0.39 is 0 Å². The van der Waals surface area contributed by atoms with Crippen molar-refractivity contribution >= 4 is 11.8 Å². The number of hydrogen-bond acceptors (Lipinski definition) is 4. The smallest absolute Gasteiger partial charge is 0.225 e. The van der Waals surface area contributed by atoms with Gasteiger partial charge in [0.2, 0.25) is 11.8 Å². The average Bonchev–Trinajstić information content (AvgIpc) is 3.00. The Morgan fingerprint density at radius 1 is 1.63 bits per heavy atom. The van der Waals surface area contributed by atoms with Crippen LogP contribution in [0.2, 0.25) is 0 Å². The Hall–Kier alpha value is -1.82. The zero-order valence-corrected chi connectivity index (χ0v) is 11.2. The summed E-state index contributed by atoms with van der Waals surface area (Å²) in [7, 11) is 3.86. The largest absolute Gasteiger partial charge is 0.468 e. The van der Waals surface area contributed by atoms with Gasteiger partial charge in [0.15, 0.2) is 0 Å². The second-order valence-corrected chi connectivity index (χ2v) is 4.95. The number of rotatable bonds is 5. The Balaban J connectivity index is 1.89. The van der Waals surface area contributed by atoms with Gasteiger partial charge in [-0.1, -0.05) is 0 Å². The van der Waals surface area contributed by atoms with E-state index in [0.717, 1.165) is 5.76 Å². The van der Waals surface area contributed by atoms with Crippen molar-refractivity contribution < 1.29 is 14.0 Å². The number of likely N-dealkylation sites (N-methyl/N-ethyl adjacent to an activating group) is 1. The molecule has 19 heavy (non-hydrogen) atoms. The summed E-state index contributed by atoms with van der Waals surface area (Å²) < 4.78 is 5.37. The van der Waals surface area contributed by atoms with Gasteiger partial charge in [-0.2, -0.15) is 0 Å². The third-order valence-electron chi connectivity index (χ3n) is 3.31. The van der Waals surface area contributed by atoms with E-state index in [1.807, 2.05) is 31.1 Å². The van der Waals surface area contributed by atoms with Crippen molar-refractivity contribution in [2.45, 2.75) is 12.5 Å². The van der Waals surface area contributed by atoms with Crippen LogP contribution in [0.5, 0.6) is 0 Å². The minimum atomic E-state index is -0.257. The predicted molar refractivity (Wildman–Crippen MR) is 69.3 cm³/mol. The lowest BCUT2D eigenvalue weighted by Gasteiger charge is -2.23. The molecule has 104 valence electrons. The SMILES string of the molecule is CN(C)C(CNC(=O)C1CNC(=O)C1)c1ccco1. The number of furan rings is 1. The van der Waals surface area contributed by atoms with Crippen molar-refractivity contribution in [3.05, 3.63) is 24.2 Å². The fourth-order valence-electron chi connectivity index (χ4n) is 2.15. The molecule has 2 rings (SSSR count). The van der Waals surface area contributed by atoms with Crippen LogP contribution in [0, 0.1) is 5.92 Å². The number of nitrogens with one attached hydrogen (secondary N) is 2. The Morgan fingerprint density at radius 2 is 2.42 bits per heavy atom. The highest BCUT2D eigenvalue weighted by Crippen LogP contribution is 2.18. The Bertz CT molecular complexity index is 442. The predicted octanol–water partition coefficient (Wildman–Crippen LogP) is 0.135. The van der Waals surface area contributed by atoms with Crippen LogP contribution in [0.25, 0.3) is 0 Å². The Labute approximate surface area is 112 Å². The van der Waals surface area contributed by atoms with E-state index in [1.165, 1.54) is 0 Å². The summed E-state index contributed by atoms with van der Waals surface area (Å²) >= 11 is 0. The fourth-order valence-corrected chi connectivity index (χ4v) is 2.15. The molecule has 0 saturated carbocycles. The number of amides is 2. The molecule has 1 aliphatic rings. The van der Waals surface area contributed by atoms with Crippen molar-refractivity contribution in [3.63, 3.8) is 0 Å². The van der Waals surface area contributed by atoms with E-state index in [1.54, 1.807) is 6.26 Å². The van der Waals surface area contributed by atoms with Crippen LogP contribution in [-0.4, -0.2) is 43.9 Å². The van der Waals surface area contributed by atoms with E-state index in [0.29, 0.717) is 13.1 Å². The van der Waals surface area contributed by atoms with Gasteiger partial charge in [0.1, 0.15) is 5.76 Å². The van der Waals surface area contributed by atoms with Crippen molar-refractivity contribution in [1.82, 2.24) is 15.5 Å². The van der Waals surface area contributed by atoms with Crippen LogP contribution in [0.1, 0.15) is 18.2 Å². The molecule has 2 atom stereocenters. The normalized spacial score (nSPS) is 20.4. The molecule has 6 heteroatoms. The molecule has 1 aliphatic heterocycles. The molecule has 2 heterocycles. The van der Waals surface area contributed by atoms with Crippen LogP contribution in [-0.2, 0) is 9.59 Å². The zero-order valence-electron chi connectivity index (χ0n) is 11.2. The van der Waals surface area contributed by atoms with Gasteiger partial charge in [0.05, 0.1) is 18.2 Å². The van der Waals surface area contributed by atoms with E-state index in [9.17, 15) is 9.59 Å². The molecule has 0 bridgehead atoms. The van der Waals surface area contributed by atoms with Crippen molar-refractivity contribution in [2.24, 2.45) is 5.92 Å². The number of carbonyl (C=O) groups excluding carboxylic acids is 2. The van der Waals surface area contributed by atoms with Gasteiger partial charge in [-0.25, -0.2) is 0 Å². The minimum absolute atomic E-state index is 0.0102. The molecule has 2 unspecified atom stereocenters. The molecular weight excluding hydrogens is 246 g/mol. The lowest BCUT2D eigenvalue weighted by atomic mass is 10.1. The van der Waals surface area contributed by atoms with Gasteiger partial charge < -0.3 is 15.1 Å². The van der Waals surface area contributed by atoms with Crippen LogP contribution in [0.3, 0.4) is 0 Å². The minimum Gasteiger partial charge on any atom is -0.468 e. The first-order valence-electron chi connectivity index (χ1n) is 6.32. The quantitative estimate of drug-likeness (QED) is 0.794. The van der Waals surface area contributed by atoms with Gasteiger partial charge in [-0.15, -0.1) is 0 Å². The third kappa shape index (κ3) is 3.35. The van der Waals surface area contributed by atoms with Crippen LogP contribution in [0.15, 0.2) is 22.8 Å². The Morgan fingerprint density at radius 3 is 2.95 bits per heavy atom. The van der Waals surface area contributed by atoms with E-state index in [2.05, 4.69) is 10.6 Å². The summed E-state index contributed by atoms with van der Waals surface area (Å²) in [5.41, 5.74) is 0. The average molecular weight is 265 g/mol. The first kappa shape index (κ1) is 13.6. The highest BCUT2D eigenvalue weighted by molar-refractivity contribution is 5.89. The van der Waals surface area contributed by atoms with Crippen LogP contribution < -0.4 is 10.6 Å². The number of carbonyl (C=O) groups is 2. The van der Waals surface area contributed by atoms with E-state index >= 15 is 0 Å². The standard InChI is InChI=1S/C13H19N3O3/c1-16(2)10(11-4-3-5-19-11)8-15-13(18)9-6-12(17)14-7-9/h3-5,9-10H,6-8H2,1-2H3,(H,14,17)(H,15,18). The first-order chi connectivity index (χ1) is 9.08. The molecule has 0 aromatic carbocycles. The second kappa shape index (κ2) is 5.88. The van der Waals surface area contributed by atoms with Gasteiger partial charge in [-0.3, -0.25) is 14.5 Å². The summed E-state index contributed by atoms with van der Waals surface area (Å²) in [6, 6.07) is 3.70. The van der Waals surface area contributed by atoms with Crippen LogP contribution in [0.4, 0.5) is 0 Å². The van der Waals surface area contributed by atoms with Gasteiger partial charge in [0, 0.05) is 19.5 Å². The van der Waals surface area contributed by atoms with E-state index in [4.69, 9.17) is 4.42 Å². The highest BCUT2D eigenvalue weighted by Gasteiger charge is 2.28. The van der Waals surface area contributed by atoms with Gasteiger partial charge >= 0.3 is 0 Å². The molecule has 2 N–H and O–H groups in total. The van der Waals surface area contributed by atoms with E-state index in [-0.39, 0.29) is 30.2 Å². The van der Waals surface area contributed by atoms with Gasteiger partial charge in [0.25, 0.3) is 0 Å². The summed E-state index contributed by atoms with van der Waals surface area (Å²) in [5.74, 6) is 0.407. The Kier molecular flexibility index (Phi) is 4.21. The summed E-state index contributed by atoms with van der Waals surface area (Å²) in [6.07, 6.45) is 1.90. The molecule has 0 aliphatic carbocycles. The van der Waals surface area contributed by atoms with Gasteiger partial charge in [-0.05, 0) is 26.2 Å². The molecular formula is C13H19N3O3. The summed E-state index contributed by atoms with van der Waals surface area (Å²) in [4.78, 5) is 25.0.